The Kier molecular flexibility index (Phi) is 9.19. The molecule has 7 rings (SSSR count). The van der Waals surface area contributed by atoms with E-state index in [0.717, 1.165) is 33.8 Å². The maximum absolute atomic E-state index is 10.3. The highest BCUT2D eigenvalue weighted by Crippen LogP contribution is 2.31. The summed E-state index contributed by atoms with van der Waals surface area (Å²) in [7, 11) is 0. The van der Waals surface area contributed by atoms with E-state index in [1.165, 1.54) is 0 Å². The van der Waals surface area contributed by atoms with E-state index >= 15 is 0 Å². The van der Waals surface area contributed by atoms with Gasteiger partial charge in [-0.15, -0.1) is 0 Å². The third-order valence-corrected chi connectivity index (χ3v) is 8.30. The van der Waals surface area contributed by atoms with Crippen LogP contribution >= 0.6 is 0 Å². The zero-order valence-electron chi connectivity index (χ0n) is 25.9. The zero-order valence-corrected chi connectivity index (χ0v) is 25.9. The number of hydrogen-bond donors (Lipinski definition) is 4. The highest BCUT2D eigenvalue weighted by molar-refractivity contribution is 5.63. The molecule has 48 heavy (non-hydrogen) atoms. The predicted molar refractivity (Wildman–Crippen MR) is 174 cm³/mol. The summed E-state index contributed by atoms with van der Waals surface area (Å²) in [6, 6.07) is 30.9. The minimum atomic E-state index is -1.53. The maximum Gasteiger partial charge on any atom is 0.229 e. The van der Waals surface area contributed by atoms with E-state index in [1.807, 2.05) is 83.4 Å². The number of furan rings is 1. The Morgan fingerprint density at radius 2 is 1.48 bits per heavy atom. The molecule has 4 N–H and O–H groups in total. The summed E-state index contributed by atoms with van der Waals surface area (Å²) < 4.78 is 25.4. The highest BCUT2D eigenvalue weighted by atomic mass is 16.7. The average Bonchev–Trinajstić information content (AvgIpc) is 3.77. The van der Waals surface area contributed by atoms with Crippen LogP contribution in [-0.2, 0) is 24.2 Å². The molecule has 1 saturated heterocycles. The van der Waals surface area contributed by atoms with Crippen molar-refractivity contribution in [2.45, 2.75) is 50.2 Å². The molecule has 0 saturated carbocycles. The number of hydrogen-bond acceptors (Lipinski definition) is 10. The van der Waals surface area contributed by atoms with Crippen molar-refractivity contribution in [3.63, 3.8) is 0 Å². The van der Waals surface area contributed by atoms with Crippen LogP contribution in [0.25, 0.3) is 16.9 Å². The van der Waals surface area contributed by atoms with Crippen LogP contribution in [0, 0.1) is 0 Å². The molecule has 0 bridgehead atoms. The summed E-state index contributed by atoms with van der Waals surface area (Å²) in [4.78, 5) is 10.1. The first-order valence-corrected chi connectivity index (χ1v) is 15.7. The molecule has 0 radical (unpaired) electrons. The first kappa shape index (κ1) is 31.6. The van der Waals surface area contributed by atoms with Gasteiger partial charge in [-0.05, 0) is 35.4 Å². The van der Waals surface area contributed by atoms with Gasteiger partial charge < -0.3 is 39.1 Å². The van der Waals surface area contributed by atoms with Crippen LogP contribution in [0.5, 0.6) is 11.6 Å². The van der Waals surface area contributed by atoms with Gasteiger partial charge in [0, 0.05) is 18.2 Å². The lowest BCUT2D eigenvalue weighted by Crippen LogP contribution is -2.60. The second-order valence-corrected chi connectivity index (χ2v) is 11.7. The normalized spacial score (nSPS) is 21.0. The van der Waals surface area contributed by atoms with E-state index in [4.69, 9.17) is 28.6 Å². The number of aromatic nitrogens is 3. The standard InChI is InChI=1S/C37H35N3O8/c41-21-31-32(42)33(43)34(44)37(48-31)47-26-15-13-24(14-16-26)22-46-36-29(19-27-12-7-17-45-27)39-35-28(18-23-8-3-1-4-9-23)38-30(20-40(35)36)25-10-5-2-6-11-25/h1-17,20,31-34,37,41-44H,18-19,21-22H2. The lowest BCUT2D eigenvalue weighted by Gasteiger charge is -2.39. The Hall–Kier alpha value is -5.04. The molecule has 246 valence electrons. The van der Waals surface area contributed by atoms with Crippen molar-refractivity contribution in [1.82, 2.24) is 14.4 Å². The molecule has 0 spiro atoms. The van der Waals surface area contributed by atoms with Crippen LogP contribution < -0.4 is 9.47 Å². The first-order valence-electron chi connectivity index (χ1n) is 15.7. The molecule has 11 heteroatoms. The monoisotopic (exact) mass is 649 g/mol. The molecule has 3 aromatic carbocycles. The largest absolute Gasteiger partial charge is 0.472 e. The summed E-state index contributed by atoms with van der Waals surface area (Å²) in [5.74, 6) is 1.68. The molecule has 1 aliphatic heterocycles. The molecule has 0 amide bonds. The number of rotatable bonds is 11. The Bertz CT molecular complexity index is 1930. The topological polar surface area (TPSA) is 152 Å². The molecular weight excluding hydrogens is 614 g/mol. The third kappa shape index (κ3) is 6.68. The van der Waals surface area contributed by atoms with Gasteiger partial charge in [-0.25, -0.2) is 9.97 Å². The molecule has 1 fully saturated rings. The lowest BCUT2D eigenvalue weighted by atomic mass is 9.99. The van der Waals surface area contributed by atoms with E-state index in [0.29, 0.717) is 35.8 Å². The van der Waals surface area contributed by atoms with Gasteiger partial charge in [0.05, 0.1) is 30.7 Å². The van der Waals surface area contributed by atoms with Gasteiger partial charge in [-0.2, -0.15) is 0 Å². The molecule has 0 aliphatic carbocycles. The third-order valence-electron chi connectivity index (χ3n) is 8.30. The van der Waals surface area contributed by atoms with E-state index < -0.39 is 37.3 Å². The van der Waals surface area contributed by atoms with E-state index in [2.05, 4.69) is 12.1 Å². The van der Waals surface area contributed by atoms with Crippen LogP contribution in [0.1, 0.15) is 28.3 Å². The number of imidazole rings is 1. The van der Waals surface area contributed by atoms with Crippen molar-refractivity contribution >= 4 is 5.65 Å². The van der Waals surface area contributed by atoms with E-state index in [1.54, 1.807) is 18.4 Å². The number of aliphatic hydroxyl groups is 4. The SMILES string of the molecule is OCC1OC(Oc2ccc(COc3c(Cc4ccco4)nc4c(Cc5ccccc5)nc(-c5ccccc5)cn34)cc2)C(O)C(O)C1O. The fourth-order valence-electron chi connectivity index (χ4n) is 5.75. The Morgan fingerprint density at radius 3 is 2.19 bits per heavy atom. The maximum atomic E-state index is 10.3. The summed E-state index contributed by atoms with van der Waals surface area (Å²) in [6.07, 6.45) is -2.25. The molecule has 1 aliphatic rings. The Balaban J connectivity index is 1.19. The molecular formula is C37H35N3O8. The predicted octanol–water partition coefficient (Wildman–Crippen LogP) is 3.93. The van der Waals surface area contributed by atoms with Gasteiger partial charge in [0.1, 0.15) is 48.2 Å². The number of ether oxygens (including phenoxy) is 3. The fourth-order valence-corrected chi connectivity index (χ4v) is 5.75. The molecule has 5 unspecified atom stereocenters. The summed E-state index contributed by atoms with van der Waals surface area (Å²) in [5, 5.41) is 40.0. The van der Waals surface area contributed by atoms with Crippen LogP contribution in [0.4, 0.5) is 0 Å². The van der Waals surface area contributed by atoms with Gasteiger partial charge in [-0.3, -0.25) is 4.40 Å². The van der Waals surface area contributed by atoms with Crippen molar-refractivity contribution in [2.24, 2.45) is 0 Å². The smallest absolute Gasteiger partial charge is 0.229 e. The van der Waals surface area contributed by atoms with Crippen molar-refractivity contribution in [1.29, 1.82) is 0 Å². The van der Waals surface area contributed by atoms with Gasteiger partial charge in [0.15, 0.2) is 5.65 Å². The van der Waals surface area contributed by atoms with Crippen LogP contribution in [0.3, 0.4) is 0 Å². The molecule has 4 heterocycles. The number of benzene rings is 3. The highest BCUT2D eigenvalue weighted by Gasteiger charge is 2.44. The van der Waals surface area contributed by atoms with Gasteiger partial charge >= 0.3 is 0 Å². The van der Waals surface area contributed by atoms with E-state index in [9.17, 15) is 20.4 Å². The quantitative estimate of drug-likeness (QED) is 0.163. The number of nitrogens with zero attached hydrogens (tertiary/aromatic N) is 3. The second kappa shape index (κ2) is 14.0. The van der Waals surface area contributed by atoms with E-state index in [-0.39, 0.29) is 6.61 Å². The molecule has 5 atom stereocenters. The van der Waals surface area contributed by atoms with Crippen molar-refractivity contribution in [3.05, 3.63) is 138 Å². The zero-order chi connectivity index (χ0) is 33.0. The summed E-state index contributed by atoms with van der Waals surface area (Å²) >= 11 is 0. The van der Waals surface area contributed by atoms with Crippen molar-refractivity contribution < 1.29 is 39.1 Å². The van der Waals surface area contributed by atoms with Crippen LogP contribution in [-0.4, -0.2) is 72.1 Å². The Labute approximate surface area is 276 Å². The number of aliphatic hydroxyl groups excluding tert-OH is 4. The first-order chi connectivity index (χ1) is 23.5. The molecule has 3 aromatic heterocycles. The molecule has 6 aromatic rings. The summed E-state index contributed by atoms with van der Waals surface area (Å²) in [5.41, 5.74) is 5.91. The summed E-state index contributed by atoms with van der Waals surface area (Å²) in [6.45, 7) is -0.334. The minimum absolute atomic E-state index is 0.205. The van der Waals surface area contributed by atoms with Gasteiger partial charge in [0.2, 0.25) is 12.2 Å². The van der Waals surface area contributed by atoms with Gasteiger partial charge in [-0.1, -0.05) is 72.8 Å². The van der Waals surface area contributed by atoms with Crippen molar-refractivity contribution in [3.8, 4) is 22.9 Å². The average molecular weight is 650 g/mol. The van der Waals surface area contributed by atoms with Crippen molar-refractivity contribution in [2.75, 3.05) is 6.61 Å². The second-order valence-electron chi connectivity index (χ2n) is 11.7. The minimum Gasteiger partial charge on any atom is -0.472 e. The number of fused-ring (bicyclic) bond motifs is 1. The van der Waals surface area contributed by atoms with Gasteiger partial charge in [0.25, 0.3) is 0 Å². The fraction of sp³-hybridized carbons (Fsp3) is 0.243. The molecule has 11 nitrogen and oxygen atoms in total. The lowest BCUT2D eigenvalue weighted by molar-refractivity contribution is -0.277. The van der Waals surface area contributed by atoms with Crippen LogP contribution in [0.15, 0.2) is 114 Å². The van der Waals surface area contributed by atoms with Crippen LogP contribution in [0.2, 0.25) is 0 Å². The Morgan fingerprint density at radius 1 is 0.729 bits per heavy atom.